The number of nitrogens with one attached hydrogen (secondary N) is 2. The fraction of sp³-hybridized carbons (Fsp3) is 0.318. The number of likely N-dealkylation sites (tertiary alicyclic amines) is 1. The van der Waals surface area contributed by atoms with Gasteiger partial charge in [0.05, 0.1) is 11.4 Å². The van der Waals surface area contributed by atoms with Crippen LogP contribution in [0.5, 0.6) is 0 Å². The molecule has 0 saturated carbocycles. The second kappa shape index (κ2) is 9.22. The van der Waals surface area contributed by atoms with Crippen LogP contribution in [-0.4, -0.2) is 35.7 Å². The van der Waals surface area contributed by atoms with E-state index >= 15 is 0 Å². The van der Waals surface area contributed by atoms with E-state index in [2.05, 4.69) is 26.6 Å². The minimum atomic E-state index is -0.191. The average molecular weight is 458 g/mol. The highest BCUT2D eigenvalue weighted by Gasteiger charge is 2.28. The molecule has 0 aliphatic carbocycles. The number of halogens is 1. The van der Waals surface area contributed by atoms with Crippen molar-refractivity contribution in [3.63, 3.8) is 0 Å². The van der Waals surface area contributed by atoms with Crippen LogP contribution in [0.15, 0.2) is 46.9 Å². The Morgan fingerprint density at radius 2 is 1.62 bits per heavy atom. The van der Waals surface area contributed by atoms with Gasteiger partial charge in [0.1, 0.15) is 0 Å². The summed E-state index contributed by atoms with van der Waals surface area (Å²) in [6.07, 6.45) is 1.21. The molecule has 1 heterocycles. The standard InChI is InChI=1S/C22H24BrN3O3/c1-14-3-8-19(24-15(2)27)20(13-14)25-21(28)16-9-11-26(12-10-16)22(29)17-4-6-18(23)7-5-17/h3-8,13,16H,9-12H2,1-2H3,(H,24,27)(H,25,28). The molecule has 0 radical (unpaired) electrons. The van der Waals surface area contributed by atoms with Crippen molar-refractivity contribution in [3.8, 4) is 0 Å². The molecular weight excluding hydrogens is 434 g/mol. The molecule has 3 amide bonds. The van der Waals surface area contributed by atoms with Gasteiger partial charge in [-0.2, -0.15) is 0 Å². The predicted molar refractivity (Wildman–Crippen MR) is 117 cm³/mol. The largest absolute Gasteiger partial charge is 0.339 e. The predicted octanol–water partition coefficient (Wildman–Crippen LogP) is 4.21. The Bertz CT molecular complexity index is 919. The Morgan fingerprint density at radius 3 is 2.24 bits per heavy atom. The Morgan fingerprint density at radius 1 is 0.966 bits per heavy atom. The molecule has 1 aliphatic heterocycles. The summed E-state index contributed by atoms with van der Waals surface area (Å²) >= 11 is 3.37. The Balaban J connectivity index is 1.60. The third-order valence-electron chi connectivity index (χ3n) is 4.99. The number of nitrogens with zero attached hydrogens (tertiary/aromatic N) is 1. The molecule has 2 aromatic carbocycles. The number of anilines is 2. The molecule has 0 aromatic heterocycles. The van der Waals surface area contributed by atoms with Crippen molar-refractivity contribution in [2.45, 2.75) is 26.7 Å². The second-order valence-corrected chi connectivity index (χ2v) is 8.21. The van der Waals surface area contributed by atoms with Crippen molar-refractivity contribution in [1.82, 2.24) is 4.90 Å². The van der Waals surface area contributed by atoms with E-state index < -0.39 is 0 Å². The van der Waals surface area contributed by atoms with Crippen molar-refractivity contribution < 1.29 is 14.4 Å². The van der Waals surface area contributed by atoms with E-state index in [0.717, 1.165) is 10.0 Å². The van der Waals surface area contributed by atoms with Crippen molar-refractivity contribution in [3.05, 3.63) is 58.1 Å². The summed E-state index contributed by atoms with van der Waals surface area (Å²) in [6, 6.07) is 12.8. The monoisotopic (exact) mass is 457 g/mol. The van der Waals surface area contributed by atoms with Gasteiger partial charge in [0, 0.05) is 36.0 Å². The van der Waals surface area contributed by atoms with Crippen LogP contribution in [-0.2, 0) is 9.59 Å². The van der Waals surface area contributed by atoms with Crippen LogP contribution >= 0.6 is 15.9 Å². The van der Waals surface area contributed by atoms with E-state index in [9.17, 15) is 14.4 Å². The summed E-state index contributed by atoms with van der Waals surface area (Å²) in [6.45, 7) is 4.45. The highest BCUT2D eigenvalue weighted by atomic mass is 79.9. The number of rotatable bonds is 4. The van der Waals surface area contributed by atoms with E-state index in [4.69, 9.17) is 0 Å². The number of aryl methyl sites for hydroxylation is 1. The van der Waals surface area contributed by atoms with E-state index in [1.165, 1.54) is 6.92 Å². The maximum absolute atomic E-state index is 12.8. The first-order valence-corrected chi connectivity index (χ1v) is 10.4. The van der Waals surface area contributed by atoms with Crippen LogP contribution in [0.3, 0.4) is 0 Å². The molecule has 0 spiro atoms. The molecule has 6 nitrogen and oxygen atoms in total. The minimum Gasteiger partial charge on any atom is -0.339 e. The van der Waals surface area contributed by atoms with Crippen LogP contribution in [0.4, 0.5) is 11.4 Å². The zero-order valence-corrected chi connectivity index (χ0v) is 18.1. The minimum absolute atomic E-state index is 0.0111. The molecule has 0 unspecified atom stereocenters. The first-order chi connectivity index (χ1) is 13.8. The topological polar surface area (TPSA) is 78.5 Å². The smallest absolute Gasteiger partial charge is 0.253 e. The average Bonchev–Trinajstić information content (AvgIpc) is 2.70. The molecule has 3 rings (SSSR count). The van der Waals surface area contributed by atoms with Gasteiger partial charge in [-0.15, -0.1) is 0 Å². The molecule has 1 saturated heterocycles. The van der Waals surface area contributed by atoms with E-state index in [-0.39, 0.29) is 23.6 Å². The van der Waals surface area contributed by atoms with Gasteiger partial charge >= 0.3 is 0 Å². The van der Waals surface area contributed by atoms with Gasteiger partial charge in [-0.3, -0.25) is 14.4 Å². The van der Waals surface area contributed by atoms with Crippen LogP contribution in [0.2, 0.25) is 0 Å². The molecular formula is C22H24BrN3O3. The number of amides is 3. The van der Waals surface area contributed by atoms with Gasteiger partial charge in [-0.25, -0.2) is 0 Å². The second-order valence-electron chi connectivity index (χ2n) is 7.29. The maximum Gasteiger partial charge on any atom is 0.253 e. The molecule has 0 atom stereocenters. The van der Waals surface area contributed by atoms with Gasteiger partial charge in [0.25, 0.3) is 5.91 Å². The number of hydrogen-bond donors (Lipinski definition) is 2. The van der Waals surface area contributed by atoms with E-state index in [1.807, 2.05) is 31.2 Å². The fourth-order valence-electron chi connectivity index (χ4n) is 3.41. The first kappa shape index (κ1) is 21.0. The van der Waals surface area contributed by atoms with Crippen LogP contribution in [0.25, 0.3) is 0 Å². The zero-order valence-electron chi connectivity index (χ0n) is 16.5. The highest BCUT2D eigenvalue weighted by molar-refractivity contribution is 9.10. The highest BCUT2D eigenvalue weighted by Crippen LogP contribution is 2.26. The molecule has 1 fully saturated rings. The third-order valence-corrected chi connectivity index (χ3v) is 5.52. The molecule has 7 heteroatoms. The lowest BCUT2D eigenvalue weighted by Gasteiger charge is -2.31. The van der Waals surface area contributed by atoms with Crippen LogP contribution in [0, 0.1) is 12.8 Å². The van der Waals surface area contributed by atoms with Gasteiger partial charge in [0.15, 0.2) is 0 Å². The van der Waals surface area contributed by atoms with Crippen LogP contribution < -0.4 is 10.6 Å². The van der Waals surface area contributed by atoms with Crippen molar-refractivity contribution in [2.24, 2.45) is 5.92 Å². The fourth-order valence-corrected chi connectivity index (χ4v) is 3.68. The number of piperidine rings is 1. The van der Waals surface area contributed by atoms with Gasteiger partial charge in [0.2, 0.25) is 11.8 Å². The Kier molecular flexibility index (Phi) is 6.69. The molecule has 29 heavy (non-hydrogen) atoms. The zero-order chi connectivity index (χ0) is 21.0. The van der Waals surface area contributed by atoms with Crippen molar-refractivity contribution >= 4 is 45.0 Å². The van der Waals surface area contributed by atoms with Crippen molar-refractivity contribution in [2.75, 3.05) is 23.7 Å². The molecule has 0 bridgehead atoms. The van der Waals surface area contributed by atoms with Gasteiger partial charge in [-0.05, 0) is 61.7 Å². The van der Waals surface area contributed by atoms with Gasteiger partial charge in [-0.1, -0.05) is 22.0 Å². The normalized spacial score (nSPS) is 14.4. The van der Waals surface area contributed by atoms with E-state index in [0.29, 0.717) is 42.9 Å². The first-order valence-electron chi connectivity index (χ1n) is 9.57. The summed E-state index contributed by atoms with van der Waals surface area (Å²) in [7, 11) is 0. The Labute approximate surface area is 178 Å². The summed E-state index contributed by atoms with van der Waals surface area (Å²) in [5, 5.41) is 5.69. The summed E-state index contributed by atoms with van der Waals surface area (Å²) in [5.41, 5.74) is 2.82. The van der Waals surface area contributed by atoms with Crippen molar-refractivity contribution in [1.29, 1.82) is 0 Å². The number of benzene rings is 2. The SMILES string of the molecule is CC(=O)Nc1ccc(C)cc1NC(=O)C1CCN(C(=O)c2ccc(Br)cc2)CC1. The lowest BCUT2D eigenvalue weighted by atomic mass is 9.95. The summed E-state index contributed by atoms with van der Waals surface area (Å²) in [5.74, 6) is -0.459. The van der Waals surface area contributed by atoms with E-state index in [1.54, 1.807) is 23.1 Å². The van der Waals surface area contributed by atoms with Gasteiger partial charge < -0.3 is 15.5 Å². The van der Waals surface area contributed by atoms with Crippen LogP contribution in [0.1, 0.15) is 35.7 Å². The number of carbonyl (C=O) groups excluding carboxylic acids is 3. The molecule has 1 aliphatic rings. The molecule has 2 aromatic rings. The quantitative estimate of drug-likeness (QED) is 0.721. The molecule has 152 valence electrons. The Hall–Kier alpha value is -2.67. The summed E-state index contributed by atoms with van der Waals surface area (Å²) in [4.78, 5) is 38.6. The lowest BCUT2D eigenvalue weighted by molar-refractivity contribution is -0.121. The maximum atomic E-state index is 12.8. The molecule has 2 N–H and O–H groups in total. The number of hydrogen-bond acceptors (Lipinski definition) is 3. The third kappa shape index (κ3) is 5.44. The number of carbonyl (C=O) groups is 3. The summed E-state index contributed by atoms with van der Waals surface area (Å²) < 4.78 is 0.930. The lowest BCUT2D eigenvalue weighted by Crippen LogP contribution is -2.41.